The second-order valence-electron chi connectivity index (χ2n) is 8.99. The van der Waals surface area contributed by atoms with E-state index in [1.807, 2.05) is 37.3 Å². The van der Waals surface area contributed by atoms with Crippen LogP contribution in [-0.4, -0.2) is 13.0 Å². The molecular formula is C32H25Cl3N2O4. The van der Waals surface area contributed by atoms with Crippen molar-refractivity contribution >= 4 is 52.5 Å². The van der Waals surface area contributed by atoms with E-state index in [0.717, 1.165) is 11.1 Å². The Labute approximate surface area is 253 Å². The summed E-state index contributed by atoms with van der Waals surface area (Å²) in [5.74, 6) is 0.728. The lowest BCUT2D eigenvalue weighted by Crippen LogP contribution is -2.13. The molecule has 4 aromatic rings. The van der Waals surface area contributed by atoms with Crippen LogP contribution in [-0.2, 0) is 18.0 Å². The van der Waals surface area contributed by atoms with Crippen molar-refractivity contribution in [2.24, 2.45) is 0 Å². The molecule has 4 aromatic carbocycles. The Morgan fingerprint density at radius 3 is 2.20 bits per heavy atom. The number of aryl methyl sites for hydroxylation is 1. The fraction of sp³-hybridized carbons (Fsp3) is 0.125. The molecule has 208 valence electrons. The SMILES string of the molecule is COc1cc(/C=C(\C#N)C(=O)Nc2ccc(OCc3ccc(C)cc3)cc2)cc(Cl)c1OCc1ccc(Cl)c(Cl)c1. The van der Waals surface area contributed by atoms with Crippen molar-refractivity contribution in [3.05, 3.63) is 122 Å². The van der Waals surface area contributed by atoms with E-state index < -0.39 is 5.91 Å². The van der Waals surface area contributed by atoms with Gasteiger partial charge >= 0.3 is 0 Å². The number of rotatable bonds is 10. The Morgan fingerprint density at radius 2 is 1.54 bits per heavy atom. The van der Waals surface area contributed by atoms with Crippen LogP contribution in [0.4, 0.5) is 5.69 Å². The molecule has 0 aliphatic rings. The van der Waals surface area contributed by atoms with Gasteiger partial charge in [0.2, 0.25) is 0 Å². The average Bonchev–Trinajstić information content (AvgIpc) is 2.97. The molecular weight excluding hydrogens is 583 g/mol. The summed E-state index contributed by atoms with van der Waals surface area (Å²) < 4.78 is 17.1. The number of nitriles is 1. The maximum absolute atomic E-state index is 12.8. The number of methoxy groups -OCH3 is 1. The van der Waals surface area contributed by atoms with Crippen molar-refractivity contribution in [3.8, 4) is 23.3 Å². The normalized spacial score (nSPS) is 11.0. The largest absolute Gasteiger partial charge is 0.493 e. The van der Waals surface area contributed by atoms with E-state index in [4.69, 9.17) is 49.0 Å². The molecule has 0 fully saturated rings. The van der Waals surface area contributed by atoms with Crippen LogP contribution >= 0.6 is 34.8 Å². The summed E-state index contributed by atoms with van der Waals surface area (Å²) in [5, 5.41) is 13.5. The van der Waals surface area contributed by atoms with E-state index in [1.54, 1.807) is 54.6 Å². The minimum absolute atomic E-state index is 0.118. The summed E-state index contributed by atoms with van der Waals surface area (Å²) in [6.45, 7) is 2.63. The predicted octanol–water partition coefficient (Wildman–Crippen LogP) is 8.67. The number of anilines is 1. The van der Waals surface area contributed by atoms with E-state index in [0.29, 0.717) is 45.2 Å². The van der Waals surface area contributed by atoms with Crippen LogP contribution < -0.4 is 19.5 Å². The van der Waals surface area contributed by atoms with Gasteiger partial charge in [0.25, 0.3) is 5.91 Å². The molecule has 0 radical (unpaired) electrons. The molecule has 0 aliphatic heterocycles. The van der Waals surface area contributed by atoms with Crippen molar-refractivity contribution in [2.75, 3.05) is 12.4 Å². The Hall–Kier alpha value is -4.15. The summed E-state index contributed by atoms with van der Waals surface area (Å²) in [6, 6.07) is 25.3. The molecule has 0 spiro atoms. The molecule has 4 rings (SSSR count). The van der Waals surface area contributed by atoms with Gasteiger partial charge in [-0.3, -0.25) is 4.79 Å². The van der Waals surface area contributed by atoms with Crippen LogP contribution in [0.3, 0.4) is 0 Å². The van der Waals surface area contributed by atoms with Gasteiger partial charge in [0.1, 0.15) is 30.6 Å². The van der Waals surface area contributed by atoms with E-state index in [1.165, 1.54) is 18.7 Å². The van der Waals surface area contributed by atoms with E-state index >= 15 is 0 Å². The van der Waals surface area contributed by atoms with E-state index in [9.17, 15) is 10.1 Å². The van der Waals surface area contributed by atoms with Crippen LogP contribution in [0.1, 0.15) is 22.3 Å². The van der Waals surface area contributed by atoms with Crippen molar-refractivity contribution in [1.29, 1.82) is 5.26 Å². The highest BCUT2D eigenvalue weighted by molar-refractivity contribution is 6.42. The maximum Gasteiger partial charge on any atom is 0.266 e. The van der Waals surface area contributed by atoms with Crippen LogP contribution in [0.5, 0.6) is 17.2 Å². The van der Waals surface area contributed by atoms with Gasteiger partial charge in [-0.1, -0.05) is 70.7 Å². The third kappa shape index (κ3) is 8.18. The Bertz CT molecular complexity index is 1610. The molecule has 0 bridgehead atoms. The fourth-order valence-electron chi connectivity index (χ4n) is 3.75. The zero-order chi connectivity index (χ0) is 29.4. The first-order valence-electron chi connectivity index (χ1n) is 12.4. The number of nitrogens with one attached hydrogen (secondary N) is 1. The molecule has 0 atom stereocenters. The molecule has 0 heterocycles. The van der Waals surface area contributed by atoms with Crippen molar-refractivity contribution in [2.45, 2.75) is 20.1 Å². The summed E-state index contributed by atoms with van der Waals surface area (Å²) in [6.07, 6.45) is 1.42. The first kappa shape index (κ1) is 29.8. The molecule has 1 amide bonds. The van der Waals surface area contributed by atoms with Gasteiger partial charge in [0.05, 0.1) is 22.2 Å². The van der Waals surface area contributed by atoms with Gasteiger partial charge in [-0.05, 0) is 78.2 Å². The highest BCUT2D eigenvalue weighted by Crippen LogP contribution is 2.38. The second-order valence-corrected chi connectivity index (χ2v) is 10.2. The number of hydrogen-bond donors (Lipinski definition) is 1. The lowest BCUT2D eigenvalue weighted by Gasteiger charge is -2.14. The summed E-state index contributed by atoms with van der Waals surface area (Å²) in [7, 11) is 1.47. The zero-order valence-corrected chi connectivity index (χ0v) is 24.5. The minimum atomic E-state index is -0.573. The average molecular weight is 608 g/mol. The van der Waals surface area contributed by atoms with Gasteiger partial charge in [-0.25, -0.2) is 0 Å². The monoisotopic (exact) mass is 606 g/mol. The summed E-state index contributed by atoms with van der Waals surface area (Å²) in [4.78, 5) is 12.8. The quantitative estimate of drug-likeness (QED) is 0.144. The molecule has 6 nitrogen and oxygen atoms in total. The highest BCUT2D eigenvalue weighted by Gasteiger charge is 2.15. The second kappa shape index (κ2) is 14.0. The summed E-state index contributed by atoms with van der Waals surface area (Å²) in [5.41, 5.74) is 3.91. The number of amides is 1. The molecule has 0 saturated carbocycles. The van der Waals surface area contributed by atoms with Gasteiger partial charge in [-0.15, -0.1) is 0 Å². The van der Waals surface area contributed by atoms with Gasteiger partial charge in [-0.2, -0.15) is 5.26 Å². The molecule has 9 heteroatoms. The predicted molar refractivity (Wildman–Crippen MR) is 163 cm³/mol. The molecule has 0 aromatic heterocycles. The third-order valence-electron chi connectivity index (χ3n) is 5.93. The summed E-state index contributed by atoms with van der Waals surface area (Å²) >= 11 is 18.5. The molecule has 0 unspecified atom stereocenters. The number of ether oxygens (including phenoxy) is 3. The van der Waals surface area contributed by atoms with E-state index in [-0.39, 0.29) is 17.2 Å². The standard InChI is InChI=1S/C32H25Cl3N2O4/c1-20-3-5-21(6-4-20)18-40-26-10-8-25(9-11-26)37-32(38)24(17-36)13-23-15-29(35)31(30(16-23)39-2)41-19-22-7-12-27(33)28(34)14-22/h3-16H,18-19H2,1-2H3,(H,37,38)/b24-13+. The lowest BCUT2D eigenvalue weighted by molar-refractivity contribution is -0.112. The van der Waals surface area contributed by atoms with Crippen molar-refractivity contribution in [1.82, 2.24) is 0 Å². The Kier molecular flexibility index (Phi) is 10.2. The van der Waals surface area contributed by atoms with Crippen LogP contribution in [0.2, 0.25) is 15.1 Å². The van der Waals surface area contributed by atoms with Gasteiger partial charge in [0, 0.05) is 5.69 Å². The van der Waals surface area contributed by atoms with Crippen molar-refractivity contribution < 1.29 is 19.0 Å². The first-order chi connectivity index (χ1) is 19.7. The number of hydrogen-bond acceptors (Lipinski definition) is 5. The topological polar surface area (TPSA) is 80.6 Å². The molecule has 1 N–H and O–H groups in total. The first-order valence-corrected chi connectivity index (χ1v) is 13.5. The van der Waals surface area contributed by atoms with Crippen LogP contribution in [0.15, 0.2) is 84.4 Å². The van der Waals surface area contributed by atoms with Crippen LogP contribution in [0.25, 0.3) is 6.08 Å². The van der Waals surface area contributed by atoms with Crippen molar-refractivity contribution in [3.63, 3.8) is 0 Å². The highest BCUT2D eigenvalue weighted by atomic mass is 35.5. The smallest absolute Gasteiger partial charge is 0.266 e. The number of benzene rings is 4. The molecule has 0 saturated heterocycles. The molecule has 41 heavy (non-hydrogen) atoms. The number of carbonyl (C=O) groups excluding carboxylic acids is 1. The minimum Gasteiger partial charge on any atom is -0.493 e. The number of halogens is 3. The zero-order valence-electron chi connectivity index (χ0n) is 22.2. The Balaban J connectivity index is 1.41. The lowest BCUT2D eigenvalue weighted by atomic mass is 10.1. The van der Waals surface area contributed by atoms with Gasteiger partial charge < -0.3 is 19.5 Å². The Morgan fingerprint density at radius 1 is 0.854 bits per heavy atom. The third-order valence-corrected chi connectivity index (χ3v) is 6.95. The maximum atomic E-state index is 12.8. The number of carbonyl (C=O) groups is 1. The molecule has 0 aliphatic carbocycles. The van der Waals surface area contributed by atoms with Gasteiger partial charge in [0.15, 0.2) is 11.5 Å². The van der Waals surface area contributed by atoms with E-state index in [2.05, 4.69) is 5.32 Å². The fourth-order valence-corrected chi connectivity index (χ4v) is 4.34. The van der Waals surface area contributed by atoms with Crippen LogP contribution in [0, 0.1) is 18.3 Å². The number of nitrogens with zero attached hydrogens (tertiary/aromatic N) is 1.